The van der Waals surface area contributed by atoms with Crippen molar-refractivity contribution < 1.29 is 9.53 Å². The van der Waals surface area contributed by atoms with Crippen LogP contribution in [0.3, 0.4) is 0 Å². The molecule has 1 aliphatic carbocycles. The van der Waals surface area contributed by atoms with Gasteiger partial charge in [0.25, 0.3) is 0 Å². The number of hydrogen-bond acceptors (Lipinski definition) is 5. The maximum Gasteiger partial charge on any atom is 0.305 e. The fourth-order valence-electron chi connectivity index (χ4n) is 1.97. The summed E-state index contributed by atoms with van der Waals surface area (Å²) < 4.78 is 4.61. The minimum atomic E-state index is -0.183. The van der Waals surface area contributed by atoms with Crippen LogP contribution in [0.1, 0.15) is 32.4 Å². The Kier molecular flexibility index (Phi) is 3.90. The molecule has 1 heterocycles. The number of anilines is 1. The first-order chi connectivity index (χ1) is 8.51. The average molecular weight is 268 g/mol. The molecule has 4 nitrogen and oxygen atoms in total. The normalized spacial score (nSPS) is 20.5. The van der Waals surface area contributed by atoms with Crippen LogP contribution in [-0.2, 0) is 16.0 Å². The molecule has 18 heavy (non-hydrogen) atoms. The minimum absolute atomic E-state index is 0.183. The highest BCUT2D eigenvalue weighted by Gasteiger charge is 2.45. The zero-order valence-electron chi connectivity index (χ0n) is 11.2. The molecule has 0 radical (unpaired) electrons. The highest BCUT2D eigenvalue weighted by atomic mass is 32.1. The smallest absolute Gasteiger partial charge is 0.305 e. The highest BCUT2D eigenvalue weighted by Crippen LogP contribution is 2.51. The van der Waals surface area contributed by atoms with Crippen LogP contribution in [0.25, 0.3) is 0 Å². The molecule has 0 amide bonds. The van der Waals surface area contributed by atoms with E-state index in [1.165, 1.54) is 13.5 Å². The van der Waals surface area contributed by atoms with Crippen LogP contribution in [0.4, 0.5) is 5.13 Å². The van der Waals surface area contributed by atoms with Gasteiger partial charge < -0.3 is 10.1 Å². The third-order valence-corrected chi connectivity index (χ3v) is 4.43. The Balaban J connectivity index is 1.74. The van der Waals surface area contributed by atoms with Crippen LogP contribution in [0, 0.1) is 11.3 Å². The molecule has 0 bridgehead atoms. The number of methoxy groups -OCH3 is 1. The van der Waals surface area contributed by atoms with E-state index in [4.69, 9.17) is 0 Å². The topological polar surface area (TPSA) is 51.2 Å². The van der Waals surface area contributed by atoms with Gasteiger partial charge in [0, 0.05) is 18.3 Å². The minimum Gasteiger partial charge on any atom is -0.469 e. The molecule has 0 aromatic carbocycles. The molecule has 1 saturated carbocycles. The van der Waals surface area contributed by atoms with E-state index in [1.807, 2.05) is 5.38 Å². The number of carbonyl (C=O) groups excluding carboxylic acids is 1. The van der Waals surface area contributed by atoms with Gasteiger partial charge in [0.2, 0.25) is 0 Å². The standard InChI is InChI=1S/C13H20N2O2S/c1-13(2)6-9(13)7-14-12-15-10(8-18-12)4-5-11(16)17-3/h8-9H,4-7H2,1-3H3,(H,14,15). The lowest BCUT2D eigenvalue weighted by Crippen LogP contribution is -2.07. The van der Waals surface area contributed by atoms with Crippen LogP contribution in [-0.4, -0.2) is 24.6 Å². The van der Waals surface area contributed by atoms with E-state index in [9.17, 15) is 4.79 Å². The van der Waals surface area contributed by atoms with E-state index in [0.717, 1.165) is 23.3 Å². The molecule has 2 rings (SSSR count). The molecule has 1 aromatic rings. The fraction of sp³-hybridized carbons (Fsp3) is 0.692. The number of nitrogens with one attached hydrogen (secondary N) is 1. The summed E-state index contributed by atoms with van der Waals surface area (Å²) in [6.07, 6.45) is 2.34. The first kappa shape index (κ1) is 13.3. The van der Waals surface area contributed by atoms with Crippen molar-refractivity contribution in [2.45, 2.75) is 33.1 Å². The number of aryl methyl sites for hydroxylation is 1. The molecule has 1 aliphatic rings. The third kappa shape index (κ3) is 3.45. The second-order valence-corrected chi connectivity index (χ2v) is 6.35. The van der Waals surface area contributed by atoms with Gasteiger partial charge >= 0.3 is 5.97 Å². The van der Waals surface area contributed by atoms with Crippen LogP contribution in [0.2, 0.25) is 0 Å². The van der Waals surface area contributed by atoms with E-state index < -0.39 is 0 Å². The Morgan fingerprint density at radius 3 is 3.00 bits per heavy atom. The number of carbonyl (C=O) groups is 1. The first-order valence-electron chi connectivity index (χ1n) is 6.26. The van der Waals surface area contributed by atoms with Gasteiger partial charge in [0.15, 0.2) is 5.13 Å². The number of esters is 1. The van der Waals surface area contributed by atoms with E-state index in [1.54, 1.807) is 11.3 Å². The maximum absolute atomic E-state index is 11.0. The van der Waals surface area contributed by atoms with Crippen molar-refractivity contribution in [2.75, 3.05) is 19.0 Å². The van der Waals surface area contributed by atoms with Gasteiger partial charge in [-0.15, -0.1) is 11.3 Å². The summed E-state index contributed by atoms with van der Waals surface area (Å²) in [5.41, 5.74) is 1.46. The monoisotopic (exact) mass is 268 g/mol. The molecule has 0 spiro atoms. The zero-order chi connectivity index (χ0) is 13.2. The van der Waals surface area contributed by atoms with Gasteiger partial charge in [-0.1, -0.05) is 13.8 Å². The van der Waals surface area contributed by atoms with Gasteiger partial charge in [-0.05, 0) is 17.8 Å². The summed E-state index contributed by atoms with van der Waals surface area (Å²) in [6, 6.07) is 0. The van der Waals surface area contributed by atoms with Gasteiger partial charge in [-0.25, -0.2) is 4.98 Å². The van der Waals surface area contributed by atoms with Crippen LogP contribution in [0.5, 0.6) is 0 Å². The Bertz CT molecular complexity index is 428. The molecule has 1 unspecified atom stereocenters. The lowest BCUT2D eigenvalue weighted by atomic mass is 10.1. The molecule has 1 aromatic heterocycles. The van der Waals surface area contributed by atoms with Gasteiger partial charge in [0.05, 0.1) is 19.2 Å². The van der Waals surface area contributed by atoms with Crippen LogP contribution < -0.4 is 5.32 Å². The van der Waals surface area contributed by atoms with Crippen molar-refractivity contribution in [1.29, 1.82) is 0 Å². The van der Waals surface area contributed by atoms with Crippen molar-refractivity contribution in [3.63, 3.8) is 0 Å². The van der Waals surface area contributed by atoms with Crippen molar-refractivity contribution in [3.8, 4) is 0 Å². The Morgan fingerprint density at radius 1 is 1.67 bits per heavy atom. The molecule has 100 valence electrons. The van der Waals surface area contributed by atoms with Crippen molar-refractivity contribution in [1.82, 2.24) is 4.98 Å². The summed E-state index contributed by atoms with van der Waals surface area (Å²) in [4.78, 5) is 15.5. The van der Waals surface area contributed by atoms with Crippen LogP contribution in [0.15, 0.2) is 5.38 Å². The lowest BCUT2D eigenvalue weighted by Gasteiger charge is -2.04. The molecule has 1 atom stereocenters. The number of hydrogen-bond donors (Lipinski definition) is 1. The molecule has 1 fully saturated rings. The summed E-state index contributed by atoms with van der Waals surface area (Å²) in [7, 11) is 1.41. The van der Waals surface area contributed by atoms with Gasteiger partial charge in [-0.3, -0.25) is 4.79 Å². The van der Waals surface area contributed by atoms with Crippen molar-refractivity contribution in [2.24, 2.45) is 11.3 Å². The molecular formula is C13H20N2O2S. The SMILES string of the molecule is COC(=O)CCc1csc(NCC2CC2(C)C)n1. The predicted octanol–water partition coefficient (Wildman–Crippen LogP) is 2.71. The van der Waals surface area contributed by atoms with Crippen molar-refractivity contribution in [3.05, 3.63) is 11.1 Å². The second kappa shape index (κ2) is 5.26. The lowest BCUT2D eigenvalue weighted by molar-refractivity contribution is -0.140. The molecule has 0 saturated heterocycles. The van der Waals surface area contributed by atoms with E-state index in [-0.39, 0.29) is 5.97 Å². The summed E-state index contributed by atoms with van der Waals surface area (Å²) in [6.45, 7) is 5.59. The largest absolute Gasteiger partial charge is 0.469 e. The second-order valence-electron chi connectivity index (χ2n) is 5.49. The Morgan fingerprint density at radius 2 is 2.39 bits per heavy atom. The molecular weight excluding hydrogens is 248 g/mol. The number of ether oxygens (including phenoxy) is 1. The van der Waals surface area contributed by atoms with Gasteiger partial charge in [-0.2, -0.15) is 0 Å². The number of aromatic nitrogens is 1. The van der Waals surface area contributed by atoms with Crippen LogP contribution >= 0.6 is 11.3 Å². The Hall–Kier alpha value is -1.10. The highest BCUT2D eigenvalue weighted by molar-refractivity contribution is 7.13. The number of thiazole rings is 1. The van der Waals surface area contributed by atoms with E-state index in [2.05, 4.69) is 28.9 Å². The quantitative estimate of drug-likeness (QED) is 0.806. The summed E-state index contributed by atoms with van der Waals surface area (Å²) in [5, 5.41) is 6.33. The molecule has 1 N–H and O–H groups in total. The van der Waals surface area contributed by atoms with Crippen molar-refractivity contribution >= 4 is 22.4 Å². The molecule has 0 aliphatic heterocycles. The van der Waals surface area contributed by atoms with E-state index >= 15 is 0 Å². The predicted molar refractivity (Wildman–Crippen MR) is 72.8 cm³/mol. The fourth-order valence-corrected chi connectivity index (χ4v) is 2.73. The molecule has 5 heteroatoms. The zero-order valence-corrected chi connectivity index (χ0v) is 12.0. The van der Waals surface area contributed by atoms with Gasteiger partial charge in [0.1, 0.15) is 0 Å². The average Bonchev–Trinajstić information content (AvgIpc) is 2.77. The first-order valence-corrected chi connectivity index (χ1v) is 7.14. The summed E-state index contributed by atoms with van der Waals surface area (Å²) >= 11 is 1.60. The number of rotatable bonds is 6. The number of nitrogens with zero attached hydrogens (tertiary/aromatic N) is 1. The Labute approximate surface area is 112 Å². The maximum atomic E-state index is 11.0. The summed E-state index contributed by atoms with van der Waals surface area (Å²) in [5.74, 6) is 0.581. The van der Waals surface area contributed by atoms with E-state index in [0.29, 0.717) is 18.3 Å². The third-order valence-electron chi connectivity index (χ3n) is 3.58.